The molecular formula is C6H9BrO. The highest BCUT2D eigenvalue weighted by atomic mass is 79.9. The van der Waals surface area contributed by atoms with Crippen LogP contribution in [0.1, 0.15) is 19.8 Å². The van der Waals surface area contributed by atoms with Crippen LogP contribution >= 0.6 is 15.9 Å². The molecule has 0 aromatic heterocycles. The molecule has 0 unspecified atom stereocenters. The summed E-state index contributed by atoms with van der Waals surface area (Å²) in [5, 5.41) is 0. The van der Waals surface area contributed by atoms with Gasteiger partial charge in [-0.15, -0.1) is 0 Å². The fourth-order valence-electron chi connectivity index (χ4n) is 0.971. The highest BCUT2D eigenvalue weighted by Crippen LogP contribution is 2.27. The van der Waals surface area contributed by atoms with Crippen LogP contribution in [0.2, 0.25) is 0 Å². The summed E-state index contributed by atoms with van der Waals surface area (Å²) < 4.78 is 0. The number of ketones is 1. The van der Waals surface area contributed by atoms with E-state index in [2.05, 4.69) is 22.9 Å². The van der Waals surface area contributed by atoms with Crippen molar-refractivity contribution in [3.8, 4) is 0 Å². The molecule has 0 bridgehead atoms. The van der Waals surface area contributed by atoms with Crippen molar-refractivity contribution in [2.24, 2.45) is 5.92 Å². The lowest BCUT2D eigenvalue weighted by atomic mass is 10.1. The maximum Gasteiger partial charge on any atom is 0.146 e. The van der Waals surface area contributed by atoms with Gasteiger partial charge in [0.15, 0.2) is 0 Å². The van der Waals surface area contributed by atoms with E-state index in [1.165, 1.54) is 0 Å². The number of carbonyl (C=O) groups is 1. The maximum absolute atomic E-state index is 10.7. The van der Waals surface area contributed by atoms with Crippen LogP contribution in [0.15, 0.2) is 0 Å². The Balaban J connectivity index is 2.56. The van der Waals surface area contributed by atoms with E-state index in [4.69, 9.17) is 0 Å². The van der Waals surface area contributed by atoms with Crippen LogP contribution in [0.25, 0.3) is 0 Å². The summed E-state index contributed by atoms with van der Waals surface area (Å²) in [4.78, 5) is 10.9. The molecule has 1 rings (SSSR count). The minimum atomic E-state index is 0.155. The Morgan fingerprint density at radius 3 is 2.50 bits per heavy atom. The van der Waals surface area contributed by atoms with E-state index in [0.29, 0.717) is 11.7 Å². The van der Waals surface area contributed by atoms with Gasteiger partial charge in [0.05, 0.1) is 4.83 Å². The quantitative estimate of drug-likeness (QED) is 0.515. The van der Waals surface area contributed by atoms with Gasteiger partial charge < -0.3 is 0 Å². The molecular weight excluding hydrogens is 168 g/mol. The van der Waals surface area contributed by atoms with Gasteiger partial charge in [0.2, 0.25) is 0 Å². The Hall–Kier alpha value is 0.150. The van der Waals surface area contributed by atoms with E-state index in [1.54, 1.807) is 0 Å². The fraction of sp³-hybridized carbons (Fsp3) is 0.833. The predicted octanol–water partition coefficient (Wildman–Crippen LogP) is 1.75. The second kappa shape index (κ2) is 2.18. The lowest BCUT2D eigenvalue weighted by Crippen LogP contribution is -2.09. The van der Waals surface area contributed by atoms with E-state index >= 15 is 0 Å². The highest BCUT2D eigenvalue weighted by Gasteiger charge is 2.28. The van der Waals surface area contributed by atoms with Crippen molar-refractivity contribution in [2.75, 3.05) is 0 Å². The molecule has 0 N–H and O–H groups in total. The summed E-state index contributed by atoms with van der Waals surface area (Å²) in [7, 11) is 0. The minimum absolute atomic E-state index is 0.155. The van der Waals surface area contributed by atoms with Crippen molar-refractivity contribution in [2.45, 2.75) is 24.6 Å². The van der Waals surface area contributed by atoms with E-state index in [1.807, 2.05) is 0 Å². The van der Waals surface area contributed by atoms with Gasteiger partial charge in [-0.25, -0.2) is 0 Å². The number of alkyl halides is 1. The van der Waals surface area contributed by atoms with E-state index in [9.17, 15) is 4.79 Å². The molecule has 8 heavy (non-hydrogen) atoms. The Bertz CT molecular complexity index is 111. The van der Waals surface area contributed by atoms with Crippen molar-refractivity contribution in [1.82, 2.24) is 0 Å². The molecule has 1 aliphatic rings. The first kappa shape index (κ1) is 6.27. The van der Waals surface area contributed by atoms with Gasteiger partial charge >= 0.3 is 0 Å². The summed E-state index contributed by atoms with van der Waals surface area (Å²) in [6.45, 7) is 2.10. The molecule has 0 aliphatic heterocycles. The zero-order chi connectivity index (χ0) is 6.15. The average Bonchev–Trinajstić information content (AvgIpc) is 1.98. The van der Waals surface area contributed by atoms with Crippen LogP contribution in [-0.2, 0) is 4.79 Å². The first-order valence-corrected chi connectivity index (χ1v) is 3.80. The van der Waals surface area contributed by atoms with Crippen molar-refractivity contribution in [3.63, 3.8) is 0 Å². The summed E-state index contributed by atoms with van der Waals surface area (Å²) in [5.41, 5.74) is 0. The van der Waals surface area contributed by atoms with Crippen LogP contribution in [0.5, 0.6) is 0 Å². The third kappa shape index (κ3) is 0.943. The molecule has 2 heteroatoms. The molecule has 0 radical (unpaired) electrons. The molecule has 1 nitrogen and oxygen atoms in total. The smallest absolute Gasteiger partial charge is 0.146 e. The second-order valence-corrected chi connectivity index (χ2v) is 3.37. The van der Waals surface area contributed by atoms with E-state index in [-0.39, 0.29) is 4.83 Å². The largest absolute Gasteiger partial charge is 0.298 e. The third-order valence-electron chi connectivity index (χ3n) is 1.65. The number of carbonyl (C=O) groups excluding carboxylic acids is 1. The fourth-order valence-corrected chi connectivity index (χ4v) is 1.46. The molecule has 0 aromatic rings. The number of halogens is 1. The van der Waals surface area contributed by atoms with Crippen LogP contribution in [0, 0.1) is 5.92 Å². The molecule has 1 fully saturated rings. The normalized spacial score (nSPS) is 38.5. The highest BCUT2D eigenvalue weighted by molar-refractivity contribution is 9.10. The predicted molar refractivity (Wildman–Crippen MR) is 36.1 cm³/mol. The van der Waals surface area contributed by atoms with Crippen LogP contribution < -0.4 is 0 Å². The first-order valence-electron chi connectivity index (χ1n) is 2.88. The average molecular weight is 177 g/mol. The van der Waals surface area contributed by atoms with Gasteiger partial charge in [-0.05, 0) is 12.3 Å². The lowest BCUT2D eigenvalue weighted by Gasteiger charge is -2.01. The summed E-state index contributed by atoms with van der Waals surface area (Å²) in [6.07, 6.45) is 1.84. The van der Waals surface area contributed by atoms with Gasteiger partial charge in [-0.3, -0.25) is 4.79 Å². The lowest BCUT2D eigenvalue weighted by molar-refractivity contribution is -0.117. The van der Waals surface area contributed by atoms with Crippen molar-refractivity contribution in [1.29, 1.82) is 0 Å². The van der Waals surface area contributed by atoms with Gasteiger partial charge in [0.1, 0.15) is 5.78 Å². The van der Waals surface area contributed by atoms with E-state index in [0.717, 1.165) is 12.8 Å². The summed E-state index contributed by atoms with van der Waals surface area (Å²) >= 11 is 3.32. The SMILES string of the molecule is C[C@@H]1CCC(=O)[C@H]1Br. The zero-order valence-corrected chi connectivity index (χ0v) is 6.44. The number of Topliss-reactive ketones (excluding diaryl/α,β-unsaturated/α-hetero) is 1. The van der Waals surface area contributed by atoms with Gasteiger partial charge in [-0.1, -0.05) is 22.9 Å². The summed E-state index contributed by atoms with van der Waals surface area (Å²) in [5.74, 6) is 0.931. The molecule has 1 aliphatic carbocycles. The third-order valence-corrected chi connectivity index (χ3v) is 3.07. The number of hydrogen-bond donors (Lipinski definition) is 0. The number of rotatable bonds is 0. The topological polar surface area (TPSA) is 17.1 Å². The standard InChI is InChI=1S/C6H9BrO/c1-4-2-3-5(8)6(4)7/h4,6H,2-3H2,1H3/t4-,6+/m1/s1. The van der Waals surface area contributed by atoms with Crippen LogP contribution in [-0.4, -0.2) is 10.6 Å². The monoisotopic (exact) mass is 176 g/mol. The minimum Gasteiger partial charge on any atom is -0.298 e. The number of hydrogen-bond acceptors (Lipinski definition) is 1. The van der Waals surface area contributed by atoms with Crippen LogP contribution in [0.4, 0.5) is 0 Å². The molecule has 0 amide bonds. The van der Waals surface area contributed by atoms with Gasteiger partial charge in [0.25, 0.3) is 0 Å². The molecule has 46 valence electrons. The molecule has 0 spiro atoms. The second-order valence-electron chi connectivity index (χ2n) is 2.38. The molecule has 1 saturated carbocycles. The molecule has 0 heterocycles. The van der Waals surface area contributed by atoms with Crippen molar-refractivity contribution in [3.05, 3.63) is 0 Å². The van der Waals surface area contributed by atoms with Crippen molar-refractivity contribution < 1.29 is 4.79 Å². The van der Waals surface area contributed by atoms with Gasteiger partial charge in [0, 0.05) is 6.42 Å². The zero-order valence-electron chi connectivity index (χ0n) is 4.86. The summed E-state index contributed by atoms with van der Waals surface area (Å²) in [6, 6.07) is 0. The Morgan fingerprint density at radius 2 is 2.38 bits per heavy atom. The van der Waals surface area contributed by atoms with Crippen LogP contribution in [0.3, 0.4) is 0 Å². The first-order chi connectivity index (χ1) is 3.72. The molecule has 0 aromatic carbocycles. The van der Waals surface area contributed by atoms with Crippen molar-refractivity contribution >= 4 is 21.7 Å². The maximum atomic E-state index is 10.7. The van der Waals surface area contributed by atoms with E-state index < -0.39 is 0 Å². The Morgan fingerprint density at radius 1 is 1.75 bits per heavy atom. The Kier molecular flexibility index (Phi) is 1.71. The Labute approximate surface area is 57.6 Å². The molecule has 0 saturated heterocycles. The molecule has 2 atom stereocenters. The van der Waals surface area contributed by atoms with Gasteiger partial charge in [-0.2, -0.15) is 0 Å².